The maximum Gasteiger partial charge on any atom is 0.355 e. The first-order valence-electron chi connectivity index (χ1n) is 10.5. The largest absolute Gasteiger partial charge is 1.00 e. The predicted octanol–water partition coefficient (Wildman–Crippen LogP) is -0.543. The molecule has 0 radical (unpaired) electrons. The molecule has 3 atom stereocenters. The number of nitrogens with zero attached hydrogens (tertiary/aromatic N) is 4. The molecule has 4 heterocycles. The standard InChI is InChI=1S/C22H20ClN4O6S.HI/c1-11(28)17-15-7-14(16-8-25-10-24(2)19(23)21(25)34-16)18(26(15)20(17)29)22(30)33-9-12-3-5-13(6-4-12)27(31)32;/h3-6,8,10-11,15,17,28H,7,9H2,1-2H3;1H/q+1;/p-1/t11-,15-,17-;/m1./s1. The molecule has 3 aromatic rings. The quantitative estimate of drug-likeness (QED) is 0.0976. The number of non-ortho nitro benzene ring substituents is 1. The van der Waals surface area contributed by atoms with E-state index in [2.05, 4.69) is 0 Å². The van der Waals surface area contributed by atoms with Gasteiger partial charge in [0.2, 0.25) is 10.7 Å². The molecule has 35 heavy (non-hydrogen) atoms. The molecular formula is C22H20ClIN4O6S. The van der Waals surface area contributed by atoms with Crippen molar-refractivity contribution in [1.82, 2.24) is 9.47 Å². The van der Waals surface area contributed by atoms with Gasteiger partial charge in [0.25, 0.3) is 17.2 Å². The summed E-state index contributed by atoms with van der Waals surface area (Å²) in [7, 11) is 1.83. The van der Waals surface area contributed by atoms with E-state index in [0.717, 1.165) is 9.71 Å². The number of aliphatic hydroxyl groups excluding tert-OH is 1. The SMILES string of the molecule is C[C@@H](O)[C@H]1C(=O)N2C(C(=O)OCc3ccc([N+](=O)[O-])cc3)=C(c3c[n+]4cn(C)c(Cl)c4s3)C[C@H]12.[I-]. The number of hydrogen-bond donors (Lipinski definition) is 1. The first-order chi connectivity index (χ1) is 16.2. The number of imidazole rings is 1. The zero-order valence-corrected chi connectivity index (χ0v) is 22.3. The normalized spacial score (nSPS) is 19.9. The summed E-state index contributed by atoms with van der Waals surface area (Å²) in [6.07, 6.45) is 3.26. The van der Waals surface area contributed by atoms with Crippen LogP contribution in [0.2, 0.25) is 5.15 Å². The maximum absolute atomic E-state index is 13.2. The number of ether oxygens (including phenoxy) is 1. The highest BCUT2D eigenvalue weighted by Crippen LogP contribution is 2.48. The van der Waals surface area contributed by atoms with Crippen LogP contribution in [0, 0.1) is 16.0 Å². The third kappa shape index (κ3) is 4.21. The fourth-order valence-electron chi connectivity index (χ4n) is 4.54. The van der Waals surface area contributed by atoms with Crippen molar-refractivity contribution in [2.75, 3.05) is 0 Å². The number of nitro groups is 1. The monoisotopic (exact) mass is 630 g/mol. The number of benzene rings is 1. The van der Waals surface area contributed by atoms with Crippen LogP contribution in [0.4, 0.5) is 5.69 Å². The van der Waals surface area contributed by atoms with Crippen LogP contribution in [0.1, 0.15) is 23.8 Å². The molecule has 0 spiro atoms. The van der Waals surface area contributed by atoms with Crippen molar-refractivity contribution in [2.45, 2.75) is 32.1 Å². The van der Waals surface area contributed by atoms with Crippen molar-refractivity contribution in [3.63, 3.8) is 0 Å². The van der Waals surface area contributed by atoms with Crippen LogP contribution in [0.5, 0.6) is 0 Å². The van der Waals surface area contributed by atoms with Gasteiger partial charge in [0.05, 0.1) is 34.9 Å². The molecule has 184 valence electrons. The number of esters is 1. The average molecular weight is 631 g/mol. The summed E-state index contributed by atoms with van der Waals surface area (Å²) in [5.74, 6) is -1.56. The lowest BCUT2D eigenvalue weighted by Gasteiger charge is -2.44. The second-order valence-corrected chi connectivity index (χ2v) is 9.79. The number of aliphatic hydroxyl groups is 1. The van der Waals surface area contributed by atoms with E-state index in [1.54, 1.807) is 11.5 Å². The van der Waals surface area contributed by atoms with E-state index in [4.69, 9.17) is 16.3 Å². The predicted molar refractivity (Wildman–Crippen MR) is 122 cm³/mol. The Hall–Kier alpha value is -2.55. The number of nitro benzene ring substituents is 1. The Balaban J connectivity index is 0.00000289. The van der Waals surface area contributed by atoms with E-state index >= 15 is 0 Å². The lowest BCUT2D eigenvalue weighted by molar-refractivity contribution is -0.508. The van der Waals surface area contributed by atoms with Gasteiger partial charge in [-0.1, -0.05) is 11.3 Å². The third-order valence-electron chi connectivity index (χ3n) is 6.22. The molecule has 10 nitrogen and oxygen atoms in total. The molecule has 1 aromatic carbocycles. The van der Waals surface area contributed by atoms with Gasteiger partial charge < -0.3 is 38.7 Å². The van der Waals surface area contributed by atoms with Gasteiger partial charge in [0, 0.05) is 17.7 Å². The summed E-state index contributed by atoms with van der Waals surface area (Å²) < 4.78 is 9.14. The number of aromatic nitrogens is 2. The van der Waals surface area contributed by atoms with Crippen LogP contribution in [0.3, 0.4) is 0 Å². The van der Waals surface area contributed by atoms with Gasteiger partial charge in [-0.2, -0.15) is 4.40 Å². The average Bonchev–Trinajstić information content (AvgIpc) is 3.43. The molecule has 1 N–H and O–H groups in total. The minimum Gasteiger partial charge on any atom is -1.00 e. The molecule has 13 heteroatoms. The highest BCUT2D eigenvalue weighted by molar-refractivity contribution is 7.18. The van der Waals surface area contributed by atoms with Gasteiger partial charge in [0.1, 0.15) is 18.5 Å². The summed E-state index contributed by atoms with van der Waals surface area (Å²) in [6, 6.07) is 5.38. The van der Waals surface area contributed by atoms with E-state index in [-0.39, 0.29) is 53.9 Å². The number of carbonyl (C=O) groups is 2. The van der Waals surface area contributed by atoms with Crippen LogP contribution in [-0.2, 0) is 28.0 Å². The summed E-state index contributed by atoms with van der Waals surface area (Å²) >= 11 is 7.78. The minimum absolute atomic E-state index is 0. The van der Waals surface area contributed by atoms with E-state index in [1.165, 1.54) is 40.5 Å². The smallest absolute Gasteiger partial charge is 0.355 e. The van der Waals surface area contributed by atoms with E-state index in [1.807, 2.05) is 24.0 Å². The van der Waals surface area contributed by atoms with Crippen molar-refractivity contribution in [1.29, 1.82) is 0 Å². The molecule has 5 rings (SSSR count). The van der Waals surface area contributed by atoms with E-state index in [9.17, 15) is 24.8 Å². The number of hydrogen-bond acceptors (Lipinski definition) is 7. The van der Waals surface area contributed by atoms with Crippen molar-refractivity contribution in [2.24, 2.45) is 13.0 Å². The molecular weight excluding hydrogens is 611 g/mol. The Morgan fingerprint density at radius 2 is 2.09 bits per heavy atom. The Labute approximate surface area is 225 Å². The first kappa shape index (κ1) is 25.5. The van der Waals surface area contributed by atoms with Crippen molar-refractivity contribution >= 4 is 50.9 Å². The van der Waals surface area contributed by atoms with Gasteiger partial charge in [-0.3, -0.25) is 14.9 Å². The molecule has 1 amide bonds. The molecule has 2 aliphatic rings. The van der Waals surface area contributed by atoms with Gasteiger partial charge in [-0.05, 0) is 42.6 Å². The van der Waals surface area contributed by atoms with Gasteiger partial charge >= 0.3 is 5.97 Å². The molecule has 2 aromatic heterocycles. The maximum atomic E-state index is 13.2. The Morgan fingerprint density at radius 1 is 1.40 bits per heavy atom. The number of halogens is 2. The lowest BCUT2D eigenvalue weighted by Crippen LogP contribution is -3.00. The van der Waals surface area contributed by atoms with Crippen LogP contribution >= 0.6 is 22.9 Å². The Morgan fingerprint density at radius 3 is 2.69 bits per heavy atom. The molecule has 2 aliphatic heterocycles. The lowest BCUT2D eigenvalue weighted by atomic mass is 9.83. The summed E-state index contributed by atoms with van der Waals surface area (Å²) in [5, 5.41) is 21.5. The molecule has 0 saturated carbocycles. The van der Waals surface area contributed by atoms with Crippen molar-refractivity contribution in [3.8, 4) is 0 Å². The number of rotatable bonds is 6. The van der Waals surface area contributed by atoms with Gasteiger partial charge in [0.15, 0.2) is 0 Å². The highest BCUT2D eigenvalue weighted by Gasteiger charge is 2.57. The molecule has 0 unspecified atom stereocenters. The number of β-lactam (4-membered cyclic amide) rings is 1. The van der Waals surface area contributed by atoms with Crippen molar-refractivity contribution in [3.05, 3.63) is 68.2 Å². The Kier molecular flexibility index (Phi) is 6.92. The zero-order chi connectivity index (χ0) is 24.3. The molecule has 1 fully saturated rings. The van der Waals surface area contributed by atoms with Crippen LogP contribution in [-0.4, -0.2) is 43.5 Å². The second kappa shape index (κ2) is 9.48. The number of thiazole rings is 1. The zero-order valence-electron chi connectivity index (χ0n) is 18.6. The fourth-order valence-corrected chi connectivity index (χ4v) is 5.91. The Bertz CT molecular complexity index is 1380. The first-order valence-corrected chi connectivity index (χ1v) is 11.7. The summed E-state index contributed by atoms with van der Waals surface area (Å²) in [5.41, 5.74) is 1.36. The third-order valence-corrected chi connectivity index (χ3v) is 7.94. The van der Waals surface area contributed by atoms with E-state index in [0.29, 0.717) is 22.7 Å². The topological polar surface area (TPSA) is 119 Å². The molecule has 0 aliphatic carbocycles. The molecule has 1 saturated heterocycles. The van der Waals surface area contributed by atoms with Crippen LogP contribution in [0.25, 0.3) is 10.4 Å². The molecule has 0 bridgehead atoms. The number of aryl methyl sites for hydroxylation is 1. The number of carbonyl (C=O) groups excluding carboxylic acids is 2. The van der Waals surface area contributed by atoms with E-state index < -0.39 is 22.9 Å². The number of amides is 1. The summed E-state index contributed by atoms with van der Waals surface area (Å²) in [6.45, 7) is 1.47. The fraction of sp³-hybridized carbons (Fsp3) is 0.318. The second-order valence-electron chi connectivity index (χ2n) is 8.40. The van der Waals surface area contributed by atoms with Gasteiger partial charge in [-0.15, -0.1) is 0 Å². The highest BCUT2D eigenvalue weighted by atomic mass is 127. The van der Waals surface area contributed by atoms with Crippen LogP contribution < -0.4 is 28.4 Å². The van der Waals surface area contributed by atoms with Gasteiger partial charge in [-0.25, -0.2) is 9.36 Å². The summed E-state index contributed by atoms with van der Waals surface area (Å²) in [4.78, 5) is 39.3. The minimum atomic E-state index is -0.835. The van der Waals surface area contributed by atoms with Crippen molar-refractivity contribution < 1.29 is 52.7 Å². The number of fused-ring (bicyclic) bond motifs is 2. The van der Waals surface area contributed by atoms with Crippen LogP contribution in [0.15, 0.2) is 42.5 Å².